The number of aromatic hydroxyl groups is 1. The Morgan fingerprint density at radius 1 is 1.53 bits per heavy atom. The second kappa shape index (κ2) is 4.51. The topological polar surface area (TPSA) is 41.5 Å². The maximum Gasteiger partial charge on any atom is 0.119 e. The molecule has 0 saturated carbocycles. The highest BCUT2D eigenvalue weighted by Gasteiger charge is 2.17. The van der Waals surface area contributed by atoms with Crippen molar-refractivity contribution in [1.82, 2.24) is 5.32 Å². The van der Waals surface area contributed by atoms with Gasteiger partial charge < -0.3 is 15.2 Å². The molecule has 2 rings (SSSR count). The maximum absolute atomic E-state index is 9.71. The Kier molecular flexibility index (Phi) is 3.29. The molecule has 1 aromatic carbocycles. The third kappa shape index (κ3) is 2.33. The van der Waals surface area contributed by atoms with E-state index in [9.17, 15) is 5.11 Å². The van der Waals surface area contributed by atoms with Crippen molar-refractivity contribution in [2.24, 2.45) is 0 Å². The minimum absolute atomic E-state index is 0.0431. The number of benzene rings is 1. The third-order valence-electron chi connectivity index (χ3n) is 2.64. The molecular formula is C11H14BrNO2. The highest BCUT2D eigenvalue weighted by Crippen LogP contribution is 2.31. The summed E-state index contributed by atoms with van der Waals surface area (Å²) in [6.07, 6.45) is 0.0431. The van der Waals surface area contributed by atoms with Crippen LogP contribution in [0.15, 0.2) is 16.6 Å². The minimum atomic E-state index is 0.0431. The molecule has 82 valence electrons. The van der Waals surface area contributed by atoms with Crippen molar-refractivity contribution in [1.29, 1.82) is 0 Å². The number of phenolic OH excluding ortho intramolecular Hbond substituents is 1. The number of halogens is 1. The van der Waals surface area contributed by atoms with Crippen molar-refractivity contribution in [3.8, 4) is 5.75 Å². The lowest BCUT2D eigenvalue weighted by Gasteiger charge is -2.24. The molecule has 1 unspecified atom stereocenters. The quantitative estimate of drug-likeness (QED) is 0.822. The fourth-order valence-corrected chi connectivity index (χ4v) is 2.12. The van der Waals surface area contributed by atoms with E-state index >= 15 is 0 Å². The maximum atomic E-state index is 9.71. The molecule has 3 nitrogen and oxygen atoms in total. The third-order valence-corrected chi connectivity index (χ3v) is 3.46. The van der Waals surface area contributed by atoms with Crippen molar-refractivity contribution in [2.75, 3.05) is 19.7 Å². The Morgan fingerprint density at radius 2 is 2.33 bits per heavy atom. The Morgan fingerprint density at radius 3 is 2.93 bits per heavy atom. The number of morpholine rings is 1. The van der Waals surface area contributed by atoms with Gasteiger partial charge in [0.25, 0.3) is 0 Å². The summed E-state index contributed by atoms with van der Waals surface area (Å²) in [5.74, 6) is 0.313. The summed E-state index contributed by atoms with van der Waals surface area (Å²) in [4.78, 5) is 0. The van der Waals surface area contributed by atoms with Crippen LogP contribution in [0.5, 0.6) is 5.75 Å². The van der Waals surface area contributed by atoms with Gasteiger partial charge in [0.1, 0.15) is 5.75 Å². The molecule has 2 N–H and O–H groups in total. The first-order valence-electron chi connectivity index (χ1n) is 5.00. The highest BCUT2D eigenvalue weighted by molar-refractivity contribution is 9.10. The van der Waals surface area contributed by atoms with Crippen LogP contribution >= 0.6 is 15.9 Å². The molecule has 0 aliphatic carbocycles. The number of ether oxygens (including phenoxy) is 1. The predicted octanol–water partition coefficient (Wildman–Crippen LogP) is 2.12. The number of nitrogens with one attached hydrogen (secondary N) is 1. The van der Waals surface area contributed by atoms with Gasteiger partial charge in [0.2, 0.25) is 0 Å². The van der Waals surface area contributed by atoms with Crippen molar-refractivity contribution in [2.45, 2.75) is 13.0 Å². The molecule has 0 bridgehead atoms. The van der Waals surface area contributed by atoms with E-state index in [-0.39, 0.29) is 6.10 Å². The minimum Gasteiger partial charge on any atom is -0.508 e. The summed E-state index contributed by atoms with van der Waals surface area (Å²) in [7, 11) is 0. The van der Waals surface area contributed by atoms with E-state index in [1.165, 1.54) is 0 Å². The van der Waals surface area contributed by atoms with E-state index in [0.717, 1.165) is 35.3 Å². The zero-order valence-electron chi connectivity index (χ0n) is 8.59. The molecule has 1 aromatic rings. The lowest BCUT2D eigenvalue weighted by Crippen LogP contribution is -2.33. The molecule has 1 aliphatic heterocycles. The zero-order valence-corrected chi connectivity index (χ0v) is 10.2. The van der Waals surface area contributed by atoms with Gasteiger partial charge >= 0.3 is 0 Å². The van der Waals surface area contributed by atoms with Gasteiger partial charge in [0.05, 0.1) is 12.7 Å². The Balaban J connectivity index is 2.27. The first-order valence-corrected chi connectivity index (χ1v) is 5.79. The largest absolute Gasteiger partial charge is 0.508 e. The molecule has 1 heterocycles. The fourth-order valence-electron chi connectivity index (χ4n) is 1.65. The van der Waals surface area contributed by atoms with Crippen LogP contribution in [0.2, 0.25) is 0 Å². The van der Waals surface area contributed by atoms with Crippen molar-refractivity contribution in [3.63, 3.8) is 0 Å². The molecule has 0 aromatic heterocycles. The van der Waals surface area contributed by atoms with E-state index in [1.807, 2.05) is 13.0 Å². The normalized spacial score (nSPS) is 21.6. The molecule has 1 aliphatic rings. The van der Waals surface area contributed by atoms with E-state index in [2.05, 4.69) is 21.2 Å². The molecule has 1 saturated heterocycles. The van der Waals surface area contributed by atoms with E-state index in [1.54, 1.807) is 6.07 Å². The van der Waals surface area contributed by atoms with E-state index in [4.69, 9.17) is 4.74 Å². The van der Waals surface area contributed by atoms with Crippen LogP contribution in [-0.2, 0) is 4.74 Å². The van der Waals surface area contributed by atoms with Crippen LogP contribution in [0.1, 0.15) is 17.2 Å². The lowest BCUT2D eigenvalue weighted by atomic mass is 10.1. The van der Waals surface area contributed by atoms with Crippen molar-refractivity contribution in [3.05, 3.63) is 27.7 Å². The summed E-state index contributed by atoms with van der Waals surface area (Å²) < 4.78 is 6.54. The number of hydrogen-bond acceptors (Lipinski definition) is 3. The van der Waals surface area contributed by atoms with Crippen LogP contribution in [0.25, 0.3) is 0 Å². The molecule has 1 fully saturated rings. The van der Waals surface area contributed by atoms with Crippen molar-refractivity contribution >= 4 is 15.9 Å². The Labute approximate surface area is 97.6 Å². The second-order valence-corrected chi connectivity index (χ2v) is 4.56. The van der Waals surface area contributed by atoms with Gasteiger partial charge in [-0.25, -0.2) is 0 Å². The average Bonchev–Trinajstić information content (AvgIpc) is 2.26. The summed E-state index contributed by atoms with van der Waals surface area (Å²) >= 11 is 3.43. The predicted molar refractivity (Wildman–Crippen MR) is 62.1 cm³/mol. The Hall–Kier alpha value is -0.580. The van der Waals surface area contributed by atoms with Crippen LogP contribution in [-0.4, -0.2) is 24.8 Å². The molecule has 15 heavy (non-hydrogen) atoms. The van der Waals surface area contributed by atoms with Gasteiger partial charge in [-0.05, 0) is 24.6 Å². The van der Waals surface area contributed by atoms with Gasteiger partial charge in [-0.15, -0.1) is 0 Å². The van der Waals surface area contributed by atoms with Crippen LogP contribution in [0, 0.1) is 6.92 Å². The van der Waals surface area contributed by atoms with Crippen molar-refractivity contribution < 1.29 is 9.84 Å². The molecule has 0 radical (unpaired) electrons. The summed E-state index contributed by atoms with van der Waals surface area (Å²) in [5.41, 5.74) is 1.87. The zero-order chi connectivity index (χ0) is 10.8. The first kappa shape index (κ1) is 10.9. The van der Waals surface area contributed by atoms with E-state index < -0.39 is 0 Å². The van der Waals surface area contributed by atoms with Gasteiger partial charge in [-0.3, -0.25) is 0 Å². The SMILES string of the molecule is Cc1c(O)cc(C2CNCCO2)cc1Br. The number of rotatable bonds is 1. The first-order chi connectivity index (χ1) is 7.18. The molecule has 0 amide bonds. The van der Waals surface area contributed by atoms with Crippen LogP contribution in [0.3, 0.4) is 0 Å². The van der Waals surface area contributed by atoms with Crippen LogP contribution < -0.4 is 5.32 Å². The number of phenols is 1. The van der Waals surface area contributed by atoms with Gasteiger partial charge in [0.15, 0.2) is 0 Å². The van der Waals surface area contributed by atoms with Gasteiger partial charge in [-0.1, -0.05) is 15.9 Å². The smallest absolute Gasteiger partial charge is 0.119 e. The highest BCUT2D eigenvalue weighted by atomic mass is 79.9. The lowest BCUT2D eigenvalue weighted by molar-refractivity contribution is 0.0275. The standard InChI is InChI=1S/C11H14BrNO2/c1-7-9(12)4-8(5-10(7)14)11-6-13-2-3-15-11/h4-5,11,13-14H,2-3,6H2,1H3. The number of hydrogen-bond donors (Lipinski definition) is 2. The monoisotopic (exact) mass is 271 g/mol. The molecule has 4 heteroatoms. The van der Waals surface area contributed by atoms with Crippen LogP contribution in [0.4, 0.5) is 0 Å². The molecule has 0 spiro atoms. The molecule has 1 atom stereocenters. The van der Waals surface area contributed by atoms with Gasteiger partial charge in [-0.2, -0.15) is 0 Å². The second-order valence-electron chi connectivity index (χ2n) is 3.71. The summed E-state index contributed by atoms with van der Waals surface area (Å²) in [6, 6.07) is 3.78. The summed E-state index contributed by atoms with van der Waals surface area (Å²) in [5, 5.41) is 13.0. The van der Waals surface area contributed by atoms with E-state index in [0.29, 0.717) is 5.75 Å². The average molecular weight is 272 g/mol. The molecular weight excluding hydrogens is 258 g/mol. The summed E-state index contributed by atoms with van der Waals surface area (Å²) in [6.45, 7) is 4.30. The van der Waals surface area contributed by atoms with Gasteiger partial charge in [0, 0.05) is 23.1 Å². The Bertz CT molecular complexity index is 339. The fraction of sp³-hybridized carbons (Fsp3) is 0.455.